The first-order valence-electron chi connectivity index (χ1n) is 7.62. The van der Waals surface area contributed by atoms with Gasteiger partial charge in [0.2, 0.25) is 0 Å². The Balaban J connectivity index is 2.10. The van der Waals surface area contributed by atoms with Gasteiger partial charge in [-0.2, -0.15) is 0 Å². The third-order valence-electron chi connectivity index (χ3n) is 2.37. The van der Waals surface area contributed by atoms with Gasteiger partial charge < -0.3 is 4.74 Å². The molecular weight excluding hydrogens is 232 g/mol. The smallest absolute Gasteiger partial charge is 0.119 e. The van der Waals surface area contributed by atoms with Crippen LogP contribution in [0.3, 0.4) is 0 Å². The molecule has 0 aliphatic rings. The normalized spacial score (nSPS) is 16.2. The van der Waals surface area contributed by atoms with Crippen LogP contribution in [-0.2, 0) is 6.42 Å². The van der Waals surface area contributed by atoms with Crippen molar-refractivity contribution in [3.05, 3.63) is 64.7 Å². The molecule has 0 aliphatic carbocycles. The fraction of sp³-hybridized carbons (Fsp3) is 0.200. The second kappa shape index (κ2) is 5.74. The summed E-state index contributed by atoms with van der Waals surface area (Å²) >= 11 is 6.05. The second-order valence-corrected chi connectivity index (χ2v) is 3.91. The van der Waals surface area contributed by atoms with E-state index in [9.17, 15) is 0 Å². The van der Waals surface area contributed by atoms with E-state index in [1.54, 1.807) is 30.3 Å². The highest BCUT2D eigenvalue weighted by atomic mass is 35.5. The van der Waals surface area contributed by atoms with E-state index in [0.717, 1.165) is 11.1 Å². The number of halogens is 1. The molecule has 0 atom stereocenters. The predicted octanol–water partition coefficient (Wildman–Crippen LogP) is 4.13. The fourth-order valence-corrected chi connectivity index (χ4v) is 1.73. The SMILES string of the molecule is [2H]C([2H])([2H])C([2H])([2H])Oc1ccc(Cc2ccc[c]c2Cl)cc1. The van der Waals surface area contributed by atoms with Gasteiger partial charge in [0.15, 0.2) is 0 Å². The van der Waals surface area contributed by atoms with E-state index in [0.29, 0.717) is 11.4 Å². The molecule has 0 bridgehead atoms. The summed E-state index contributed by atoms with van der Waals surface area (Å²) in [7, 11) is 0. The molecule has 0 heterocycles. The number of hydrogen-bond acceptors (Lipinski definition) is 1. The zero-order valence-corrected chi connectivity index (χ0v) is 9.79. The van der Waals surface area contributed by atoms with Crippen LogP contribution in [0.25, 0.3) is 0 Å². The molecule has 2 aromatic carbocycles. The summed E-state index contributed by atoms with van der Waals surface area (Å²) in [5.74, 6) is 0.163. The fourth-order valence-electron chi connectivity index (χ4n) is 1.54. The van der Waals surface area contributed by atoms with Crippen LogP contribution in [0.2, 0.25) is 5.02 Å². The van der Waals surface area contributed by atoms with Gasteiger partial charge in [0.25, 0.3) is 0 Å². The first kappa shape index (κ1) is 7.07. The topological polar surface area (TPSA) is 9.23 Å². The minimum atomic E-state index is -2.85. The van der Waals surface area contributed by atoms with E-state index in [1.807, 2.05) is 12.1 Å². The Hall–Kier alpha value is -1.47. The van der Waals surface area contributed by atoms with Crippen LogP contribution in [0.4, 0.5) is 0 Å². The Morgan fingerprint density at radius 2 is 2.18 bits per heavy atom. The lowest BCUT2D eigenvalue weighted by atomic mass is 10.1. The molecule has 1 radical (unpaired) electrons. The minimum absolute atomic E-state index is 0.163. The summed E-state index contributed by atoms with van der Waals surface area (Å²) in [5, 5.41) is 0.557. The lowest BCUT2D eigenvalue weighted by Gasteiger charge is -2.06. The molecule has 2 rings (SSSR count). The monoisotopic (exact) mass is 250 g/mol. The summed E-state index contributed by atoms with van der Waals surface area (Å²) in [6, 6.07) is 15.0. The Labute approximate surface area is 114 Å². The largest absolute Gasteiger partial charge is 0.494 e. The number of benzene rings is 2. The van der Waals surface area contributed by atoms with E-state index in [4.69, 9.17) is 23.2 Å². The van der Waals surface area contributed by atoms with Crippen LogP contribution < -0.4 is 4.74 Å². The van der Waals surface area contributed by atoms with Crippen LogP contribution in [0, 0.1) is 6.07 Å². The third kappa shape index (κ3) is 3.24. The van der Waals surface area contributed by atoms with Crippen molar-refractivity contribution in [3.8, 4) is 5.75 Å². The molecule has 0 saturated carbocycles. The van der Waals surface area contributed by atoms with Crippen molar-refractivity contribution in [2.75, 3.05) is 6.56 Å². The van der Waals surface area contributed by atoms with Crippen molar-refractivity contribution in [2.45, 2.75) is 13.3 Å². The average molecular weight is 251 g/mol. The number of hydrogen-bond donors (Lipinski definition) is 0. The molecule has 0 N–H and O–H groups in total. The first-order chi connectivity index (χ1) is 10.2. The molecule has 2 heteroatoms. The maximum atomic E-state index is 7.44. The highest BCUT2D eigenvalue weighted by Crippen LogP contribution is 2.20. The van der Waals surface area contributed by atoms with Gasteiger partial charge >= 0.3 is 0 Å². The van der Waals surface area contributed by atoms with Crippen LogP contribution in [0.15, 0.2) is 42.5 Å². The predicted molar refractivity (Wildman–Crippen MR) is 70.7 cm³/mol. The Morgan fingerprint density at radius 3 is 2.88 bits per heavy atom. The van der Waals surface area contributed by atoms with Gasteiger partial charge in [-0.3, -0.25) is 0 Å². The van der Waals surface area contributed by atoms with Crippen molar-refractivity contribution < 1.29 is 11.6 Å². The van der Waals surface area contributed by atoms with Gasteiger partial charge in [-0.05, 0) is 36.5 Å². The molecule has 2 aromatic rings. The van der Waals surface area contributed by atoms with Gasteiger partial charge in [-0.25, -0.2) is 0 Å². The molecule has 87 valence electrons. The summed E-state index contributed by atoms with van der Waals surface area (Å²) < 4.78 is 41.1. The van der Waals surface area contributed by atoms with Gasteiger partial charge in [0.1, 0.15) is 5.75 Å². The van der Waals surface area contributed by atoms with Crippen molar-refractivity contribution >= 4 is 11.6 Å². The van der Waals surface area contributed by atoms with Gasteiger partial charge in [0.05, 0.1) is 14.3 Å². The molecule has 0 spiro atoms. The van der Waals surface area contributed by atoms with E-state index in [1.165, 1.54) is 0 Å². The maximum absolute atomic E-state index is 7.44. The van der Waals surface area contributed by atoms with Crippen LogP contribution in [-0.4, -0.2) is 6.56 Å². The van der Waals surface area contributed by atoms with E-state index in [-0.39, 0.29) is 5.75 Å². The van der Waals surface area contributed by atoms with Gasteiger partial charge in [-0.1, -0.05) is 41.9 Å². The highest BCUT2D eigenvalue weighted by Gasteiger charge is 2.01. The minimum Gasteiger partial charge on any atom is -0.494 e. The maximum Gasteiger partial charge on any atom is 0.119 e. The molecule has 0 unspecified atom stereocenters. The zero-order chi connectivity index (χ0) is 16.4. The summed E-state index contributed by atoms with van der Waals surface area (Å²) in [4.78, 5) is 0. The Kier molecular flexibility index (Phi) is 2.39. The van der Waals surface area contributed by atoms with Crippen LogP contribution in [0.5, 0.6) is 5.75 Å². The molecule has 0 aliphatic heterocycles. The highest BCUT2D eigenvalue weighted by molar-refractivity contribution is 6.31. The molecule has 0 amide bonds. The Bertz CT molecular complexity index is 637. The second-order valence-electron chi connectivity index (χ2n) is 3.53. The van der Waals surface area contributed by atoms with E-state index < -0.39 is 13.4 Å². The van der Waals surface area contributed by atoms with Gasteiger partial charge in [-0.15, -0.1) is 0 Å². The lowest BCUT2D eigenvalue weighted by molar-refractivity contribution is 0.340. The van der Waals surface area contributed by atoms with Crippen LogP contribution in [0.1, 0.15) is 24.8 Å². The lowest BCUT2D eigenvalue weighted by Crippen LogP contribution is -1.93. The quantitative estimate of drug-likeness (QED) is 0.793. The molecule has 0 saturated heterocycles. The zero-order valence-electron chi connectivity index (χ0n) is 14.0. The van der Waals surface area contributed by atoms with Crippen LogP contribution >= 0.6 is 11.6 Å². The summed E-state index contributed by atoms with van der Waals surface area (Å²) in [5.41, 5.74) is 1.87. The number of rotatable bonds is 4. The summed E-state index contributed by atoms with van der Waals surface area (Å²) in [6.07, 6.45) is 0.600. The van der Waals surface area contributed by atoms with Gasteiger partial charge in [0, 0.05) is 10.2 Å². The first-order valence-corrected chi connectivity index (χ1v) is 5.50. The van der Waals surface area contributed by atoms with E-state index in [2.05, 4.69) is 6.07 Å². The summed E-state index contributed by atoms with van der Waals surface area (Å²) in [6.45, 7) is -5.58. The molecular formula is C15H14ClO. The molecule has 17 heavy (non-hydrogen) atoms. The number of ether oxygens (including phenoxy) is 1. The average Bonchev–Trinajstić information content (AvgIpc) is 2.42. The van der Waals surface area contributed by atoms with Crippen molar-refractivity contribution in [1.82, 2.24) is 0 Å². The molecule has 0 aromatic heterocycles. The Morgan fingerprint density at radius 1 is 1.35 bits per heavy atom. The van der Waals surface area contributed by atoms with Crippen molar-refractivity contribution in [1.29, 1.82) is 0 Å². The van der Waals surface area contributed by atoms with Crippen molar-refractivity contribution in [3.63, 3.8) is 0 Å². The molecule has 1 nitrogen and oxygen atoms in total. The van der Waals surface area contributed by atoms with Crippen molar-refractivity contribution in [2.24, 2.45) is 0 Å². The van der Waals surface area contributed by atoms with E-state index >= 15 is 0 Å². The standard InChI is InChI=1S/C15H14ClO/c1-2-17-14-9-7-12(8-10-14)11-13-5-3-4-6-15(13)16/h3-5,7-10H,2,11H2,1H3/i1D3,2D2. The molecule has 0 fully saturated rings. The third-order valence-corrected chi connectivity index (χ3v) is 2.72.